The highest BCUT2D eigenvalue weighted by molar-refractivity contribution is 5.66. The molecule has 9 heteroatoms. The number of piperidine rings is 1. The van der Waals surface area contributed by atoms with Crippen molar-refractivity contribution in [3.63, 3.8) is 0 Å². The molecule has 1 aliphatic heterocycles. The minimum absolute atomic E-state index is 0.0299. The topological polar surface area (TPSA) is 91.4 Å². The molecule has 4 rings (SSSR count). The van der Waals surface area contributed by atoms with E-state index < -0.39 is 17.7 Å². The van der Waals surface area contributed by atoms with Crippen LogP contribution in [0.25, 0.3) is 0 Å². The van der Waals surface area contributed by atoms with Crippen molar-refractivity contribution in [3.05, 3.63) is 47.3 Å². The Bertz CT molecular complexity index is 1010. The molecule has 0 spiro atoms. The summed E-state index contributed by atoms with van der Waals surface area (Å²) in [6.07, 6.45) is 3.67. The zero-order valence-electron chi connectivity index (χ0n) is 16.5. The number of carbonyl (C=O) groups is 1. The number of halogens is 2. The van der Waals surface area contributed by atoms with Crippen molar-refractivity contribution in [3.8, 4) is 11.8 Å². The molecule has 0 bridgehead atoms. The van der Waals surface area contributed by atoms with Gasteiger partial charge in [-0.1, -0.05) is 6.92 Å². The van der Waals surface area contributed by atoms with Crippen molar-refractivity contribution in [1.29, 1.82) is 5.26 Å². The molecule has 0 radical (unpaired) electrons. The number of nitriles is 1. The van der Waals surface area contributed by atoms with Crippen LogP contribution in [0.15, 0.2) is 24.4 Å². The second-order valence-corrected chi connectivity index (χ2v) is 8.26. The second kappa shape index (κ2) is 7.59. The van der Waals surface area contributed by atoms with Crippen LogP contribution >= 0.6 is 0 Å². The largest absolute Gasteiger partial charge is 0.486 e. The van der Waals surface area contributed by atoms with E-state index in [1.165, 1.54) is 11.1 Å². The molecule has 158 valence electrons. The first-order chi connectivity index (χ1) is 14.3. The SMILES string of the molecule is CC1(C2CC(n3ncc(COc4cc(F)ccc4F)c3C#N)CCN2C(=O)O)CC1. The summed E-state index contributed by atoms with van der Waals surface area (Å²) in [5.41, 5.74) is 0.731. The van der Waals surface area contributed by atoms with Gasteiger partial charge in [-0.25, -0.2) is 13.6 Å². The third kappa shape index (κ3) is 3.70. The predicted octanol–water partition coefficient (Wildman–Crippen LogP) is 4.10. The van der Waals surface area contributed by atoms with Gasteiger partial charge in [0.1, 0.15) is 24.2 Å². The van der Waals surface area contributed by atoms with Gasteiger partial charge >= 0.3 is 6.09 Å². The van der Waals surface area contributed by atoms with Gasteiger partial charge in [0.2, 0.25) is 0 Å². The summed E-state index contributed by atoms with van der Waals surface area (Å²) in [5.74, 6) is -1.54. The minimum Gasteiger partial charge on any atom is -0.486 e. The van der Waals surface area contributed by atoms with Gasteiger partial charge in [0.15, 0.2) is 11.6 Å². The lowest BCUT2D eigenvalue weighted by molar-refractivity contribution is 0.0605. The highest BCUT2D eigenvalue weighted by Gasteiger charge is 2.51. The lowest BCUT2D eigenvalue weighted by Crippen LogP contribution is -2.49. The molecular formula is C21H22F2N4O3. The predicted molar refractivity (Wildman–Crippen MR) is 102 cm³/mol. The van der Waals surface area contributed by atoms with Crippen LogP contribution in [0.5, 0.6) is 5.75 Å². The van der Waals surface area contributed by atoms with Crippen LogP contribution in [0, 0.1) is 28.4 Å². The number of hydrogen-bond acceptors (Lipinski definition) is 4. The van der Waals surface area contributed by atoms with E-state index in [9.17, 15) is 23.9 Å². The molecular weight excluding hydrogens is 394 g/mol. The molecule has 1 aliphatic carbocycles. The fourth-order valence-electron chi connectivity index (χ4n) is 4.24. The summed E-state index contributed by atoms with van der Waals surface area (Å²) >= 11 is 0. The summed E-state index contributed by atoms with van der Waals surface area (Å²) in [6.45, 7) is 2.35. The summed E-state index contributed by atoms with van der Waals surface area (Å²) in [5, 5.41) is 23.6. The molecule has 2 aliphatic rings. The van der Waals surface area contributed by atoms with Crippen molar-refractivity contribution in [1.82, 2.24) is 14.7 Å². The van der Waals surface area contributed by atoms with Crippen LogP contribution in [0.4, 0.5) is 13.6 Å². The fourth-order valence-corrected chi connectivity index (χ4v) is 4.24. The quantitative estimate of drug-likeness (QED) is 0.793. The number of aromatic nitrogens is 2. The Balaban J connectivity index is 1.53. The van der Waals surface area contributed by atoms with Gasteiger partial charge in [-0.2, -0.15) is 10.4 Å². The fraction of sp³-hybridized carbons (Fsp3) is 0.476. The Labute approximate surface area is 172 Å². The maximum atomic E-state index is 13.8. The molecule has 1 saturated heterocycles. The van der Waals surface area contributed by atoms with E-state index in [4.69, 9.17) is 4.74 Å². The Morgan fingerprint density at radius 2 is 2.20 bits per heavy atom. The number of ether oxygens (including phenoxy) is 1. The standard InChI is InChI=1S/C21H22F2N4O3/c1-21(5-6-21)19-9-15(4-7-26(19)20(28)29)27-17(10-24)13(11-25-27)12-30-18-8-14(22)2-3-16(18)23/h2-3,8,11,15,19H,4-7,9,12H2,1H3,(H,28,29). The normalized spacial score (nSPS) is 22.4. The first-order valence-electron chi connectivity index (χ1n) is 9.86. The number of benzene rings is 1. The van der Waals surface area contributed by atoms with E-state index in [1.54, 1.807) is 4.68 Å². The Hall–Kier alpha value is -3.15. The highest BCUT2D eigenvalue weighted by atomic mass is 19.1. The number of likely N-dealkylation sites (tertiary alicyclic amines) is 1. The van der Waals surface area contributed by atoms with Crippen LogP contribution in [-0.2, 0) is 6.61 Å². The zero-order valence-corrected chi connectivity index (χ0v) is 16.5. The molecule has 2 aromatic rings. The Kier molecular flexibility index (Phi) is 5.10. The van der Waals surface area contributed by atoms with E-state index in [1.807, 2.05) is 0 Å². The molecule has 1 amide bonds. The van der Waals surface area contributed by atoms with Crippen LogP contribution in [0.2, 0.25) is 0 Å². The smallest absolute Gasteiger partial charge is 0.407 e. The number of nitrogens with zero attached hydrogens (tertiary/aromatic N) is 4. The monoisotopic (exact) mass is 416 g/mol. The van der Waals surface area contributed by atoms with Crippen molar-refractivity contribution in [2.45, 2.75) is 51.3 Å². The molecule has 2 fully saturated rings. The first-order valence-corrected chi connectivity index (χ1v) is 9.86. The number of carboxylic acid groups (broad SMARTS) is 1. The van der Waals surface area contributed by atoms with Gasteiger partial charge in [-0.15, -0.1) is 0 Å². The van der Waals surface area contributed by atoms with Crippen LogP contribution in [0.1, 0.15) is 49.9 Å². The van der Waals surface area contributed by atoms with Crippen LogP contribution in [0.3, 0.4) is 0 Å². The number of hydrogen-bond donors (Lipinski definition) is 1. The lowest BCUT2D eigenvalue weighted by atomic mass is 9.86. The zero-order chi connectivity index (χ0) is 21.5. The van der Waals surface area contributed by atoms with Gasteiger partial charge in [0.25, 0.3) is 0 Å². The molecule has 2 atom stereocenters. The maximum Gasteiger partial charge on any atom is 0.407 e. The highest BCUT2D eigenvalue weighted by Crippen LogP contribution is 2.53. The molecule has 30 heavy (non-hydrogen) atoms. The average Bonchev–Trinajstić information content (AvgIpc) is 3.34. The van der Waals surface area contributed by atoms with E-state index in [2.05, 4.69) is 18.1 Å². The van der Waals surface area contributed by atoms with E-state index in [0.29, 0.717) is 30.6 Å². The third-order valence-electron chi connectivity index (χ3n) is 6.26. The van der Waals surface area contributed by atoms with Gasteiger partial charge in [-0.05, 0) is 43.2 Å². The van der Waals surface area contributed by atoms with Crippen LogP contribution in [-0.4, -0.2) is 38.5 Å². The van der Waals surface area contributed by atoms with Crippen LogP contribution < -0.4 is 4.74 Å². The lowest BCUT2D eigenvalue weighted by Gasteiger charge is -2.41. The number of rotatable bonds is 5. The Morgan fingerprint density at radius 3 is 2.87 bits per heavy atom. The van der Waals surface area contributed by atoms with E-state index >= 15 is 0 Å². The van der Waals surface area contributed by atoms with Gasteiger partial charge in [0, 0.05) is 24.2 Å². The molecule has 1 aromatic heterocycles. The van der Waals surface area contributed by atoms with Crippen molar-refractivity contribution in [2.24, 2.45) is 5.41 Å². The molecule has 1 N–H and O–H groups in total. The van der Waals surface area contributed by atoms with Gasteiger partial charge in [-0.3, -0.25) is 4.68 Å². The molecule has 7 nitrogen and oxygen atoms in total. The summed E-state index contributed by atoms with van der Waals surface area (Å²) in [6, 6.07) is 4.83. The minimum atomic E-state index is -0.918. The molecule has 2 unspecified atom stereocenters. The average molecular weight is 416 g/mol. The third-order valence-corrected chi connectivity index (χ3v) is 6.26. The van der Waals surface area contributed by atoms with Gasteiger partial charge < -0.3 is 14.7 Å². The van der Waals surface area contributed by atoms with E-state index in [0.717, 1.165) is 31.0 Å². The molecule has 1 saturated carbocycles. The second-order valence-electron chi connectivity index (χ2n) is 8.26. The Morgan fingerprint density at radius 1 is 1.43 bits per heavy atom. The van der Waals surface area contributed by atoms with Crippen molar-refractivity contribution < 1.29 is 23.4 Å². The summed E-state index contributed by atoms with van der Waals surface area (Å²) in [4.78, 5) is 13.2. The number of amides is 1. The van der Waals surface area contributed by atoms with E-state index in [-0.39, 0.29) is 29.9 Å². The first kappa shape index (κ1) is 20.1. The summed E-state index contributed by atoms with van der Waals surface area (Å²) in [7, 11) is 0. The van der Waals surface area contributed by atoms with Gasteiger partial charge in [0.05, 0.1) is 12.2 Å². The van der Waals surface area contributed by atoms with Crippen molar-refractivity contribution in [2.75, 3.05) is 6.54 Å². The van der Waals surface area contributed by atoms with Crippen molar-refractivity contribution >= 4 is 6.09 Å². The summed E-state index contributed by atoms with van der Waals surface area (Å²) < 4.78 is 34.1. The molecule has 1 aromatic carbocycles. The molecule has 2 heterocycles. The maximum absolute atomic E-state index is 13.8.